The minimum atomic E-state index is -2.96. The number of para-hydroxylation sites is 1. The second-order valence-electron chi connectivity index (χ2n) is 7.00. The second-order valence-corrected chi connectivity index (χ2v) is 7.00. The summed E-state index contributed by atoms with van der Waals surface area (Å²) in [5.41, 5.74) is 2.06. The molecule has 0 saturated heterocycles. The number of benzene rings is 2. The highest BCUT2D eigenvalue weighted by Crippen LogP contribution is 2.32. The average molecular weight is 449 g/mol. The van der Waals surface area contributed by atoms with Crippen LogP contribution in [-0.2, 0) is 13.1 Å². The molecular weight excluding hydrogens is 418 g/mol. The molecule has 0 saturated carbocycles. The number of guanidine groups is 1. The molecule has 2 rings (SSSR count). The van der Waals surface area contributed by atoms with Crippen LogP contribution in [0.15, 0.2) is 47.5 Å². The quantitative estimate of drug-likeness (QED) is 0.429. The van der Waals surface area contributed by atoms with Gasteiger partial charge in [0.25, 0.3) is 5.91 Å². The highest BCUT2D eigenvalue weighted by molar-refractivity contribution is 5.93. The van der Waals surface area contributed by atoms with Crippen LogP contribution in [0.5, 0.6) is 11.5 Å². The first-order valence-electron chi connectivity index (χ1n) is 10.4. The molecule has 0 spiro atoms. The Kier molecular flexibility index (Phi) is 9.72. The number of aliphatic imine (C=N–C) groups is 1. The number of alkyl halides is 2. The molecule has 0 fully saturated rings. The molecule has 0 aliphatic rings. The molecule has 0 atom stereocenters. The second kappa shape index (κ2) is 12.5. The normalized spacial score (nSPS) is 11.3. The molecule has 174 valence electrons. The van der Waals surface area contributed by atoms with E-state index >= 15 is 0 Å². The zero-order chi connectivity index (χ0) is 23.5. The van der Waals surface area contributed by atoms with Gasteiger partial charge in [0.2, 0.25) is 0 Å². The standard InChI is InChI=1S/C23H30F2N4O3/c1-5-26-23(27-14-16-10-12-17(13-11-16)21(30)29(3)4)28-15-18-8-7-9-19(31-6-2)20(18)32-22(24)25/h7-13,22H,5-6,14-15H2,1-4H3,(H2,26,27,28). The van der Waals surface area contributed by atoms with E-state index in [1.807, 2.05) is 19.1 Å². The number of ether oxygens (including phenoxy) is 2. The fourth-order valence-electron chi connectivity index (χ4n) is 2.89. The Hall–Kier alpha value is -3.36. The molecule has 0 heterocycles. The first-order chi connectivity index (χ1) is 15.3. The summed E-state index contributed by atoms with van der Waals surface area (Å²) in [4.78, 5) is 18.1. The lowest BCUT2D eigenvalue weighted by atomic mass is 10.1. The molecule has 0 aliphatic carbocycles. The summed E-state index contributed by atoms with van der Waals surface area (Å²) in [6.45, 7) is 2.30. The predicted molar refractivity (Wildman–Crippen MR) is 120 cm³/mol. The maximum absolute atomic E-state index is 12.9. The van der Waals surface area contributed by atoms with E-state index in [-0.39, 0.29) is 24.0 Å². The molecule has 0 aliphatic heterocycles. The molecule has 1 amide bonds. The summed E-state index contributed by atoms with van der Waals surface area (Å²) in [6.07, 6.45) is 0. The van der Waals surface area contributed by atoms with E-state index in [1.54, 1.807) is 51.4 Å². The van der Waals surface area contributed by atoms with Crippen LogP contribution in [0, 0.1) is 0 Å². The van der Waals surface area contributed by atoms with E-state index in [0.717, 1.165) is 5.56 Å². The van der Waals surface area contributed by atoms with Gasteiger partial charge in [0, 0.05) is 38.3 Å². The predicted octanol–water partition coefficient (Wildman–Crippen LogP) is 3.64. The monoisotopic (exact) mass is 448 g/mol. The fraction of sp³-hybridized carbons (Fsp3) is 0.391. The third-order valence-electron chi connectivity index (χ3n) is 4.38. The van der Waals surface area contributed by atoms with Crippen LogP contribution in [-0.4, -0.2) is 50.6 Å². The SMILES string of the molecule is CCNC(=NCc1ccc(C(=O)N(C)C)cc1)NCc1cccc(OCC)c1OC(F)F. The van der Waals surface area contributed by atoms with Crippen molar-refractivity contribution in [1.82, 2.24) is 15.5 Å². The van der Waals surface area contributed by atoms with Gasteiger partial charge in [-0.25, -0.2) is 4.99 Å². The van der Waals surface area contributed by atoms with Crippen LogP contribution in [0.4, 0.5) is 8.78 Å². The summed E-state index contributed by atoms with van der Waals surface area (Å²) in [7, 11) is 3.41. The van der Waals surface area contributed by atoms with Crippen LogP contribution in [0.25, 0.3) is 0 Å². The first kappa shape index (κ1) is 24.9. The first-order valence-corrected chi connectivity index (χ1v) is 10.4. The van der Waals surface area contributed by atoms with Gasteiger partial charge in [-0.3, -0.25) is 4.79 Å². The van der Waals surface area contributed by atoms with Gasteiger partial charge in [-0.2, -0.15) is 8.78 Å². The number of carbonyl (C=O) groups is 1. The van der Waals surface area contributed by atoms with Crippen molar-refractivity contribution in [2.24, 2.45) is 4.99 Å². The highest BCUT2D eigenvalue weighted by Gasteiger charge is 2.16. The Bertz CT molecular complexity index is 903. The maximum Gasteiger partial charge on any atom is 0.387 e. The van der Waals surface area contributed by atoms with Crippen molar-refractivity contribution in [2.45, 2.75) is 33.5 Å². The Morgan fingerprint density at radius 3 is 2.41 bits per heavy atom. The Morgan fingerprint density at radius 1 is 1.09 bits per heavy atom. The van der Waals surface area contributed by atoms with Gasteiger partial charge >= 0.3 is 6.61 Å². The topological polar surface area (TPSA) is 75.2 Å². The van der Waals surface area contributed by atoms with Gasteiger partial charge in [0.1, 0.15) is 0 Å². The minimum Gasteiger partial charge on any atom is -0.490 e. The Balaban J connectivity index is 2.11. The number of hydrogen-bond donors (Lipinski definition) is 2. The number of nitrogens with one attached hydrogen (secondary N) is 2. The molecule has 0 radical (unpaired) electrons. The number of nitrogens with zero attached hydrogens (tertiary/aromatic N) is 2. The molecule has 0 unspecified atom stereocenters. The van der Waals surface area contributed by atoms with Gasteiger partial charge in [-0.1, -0.05) is 24.3 Å². The molecule has 9 heteroatoms. The van der Waals surface area contributed by atoms with Crippen molar-refractivity contribution < 1.29 is 23.0 Å². The lowest BCUT2D eigenvalue weighted by molar-refractivity contribution is -0.0520. The summed E-state index contributed by atoms with van der Waals surface area (Å²) in [6, 6.07) is 12.2. The molecule has 2 N–H and O–H groups in total. The molecule has 2 aromatic rings. The fourth-order valence-corrected chi connectivity index (χ4v) is 2.89. The van der Waals surface area contributed by atoms with Gasteiger partial charge < -0.3 is 25.0 Å². The molecule has 32 heavy (non-hydrogen) atoms. The van der Waals surface area contributed by atoms with Crippen LogP contribution in [0.3, 0.4) is 0 Å². The van der Waals surface area contributed by atoms with E-state index < -0.39 is 6.61 Å². The largest absolute Gasteiger partial charge is 0.490 e. The van der Waals surface area contributed by atoms with Gasteiger partial charge in [0.15, 0.2) is 17.5 Å². The molecule has 0 bridgehead atoms. The van der Waals surface area contributed by atoms with Crippen LogP contribution >= 0.6 is 0 Å². The van der Waals surface area contributed by atoms with E-state index in [2.05, 4.69) is 15.6 Å². The van der Waals surface area contributed by atoms with Crippen LogP contribution < -0.4 is 20.1 Å². The van der Waals surface area contributed by atoms with Crippen molar-refractivity contribution in [1.29, 1.82) is 0 Å². The number of hydrogen-bond acceptors (Lipinski definition) is 4. The third kappa shape index (κ3) is 7.40. The van der Waals surface area contributed by atoms with Gasteiger partial charge in [-0.05, 0) is 37.6 Å². The third-order valence-corrected chi connectivity index (χ3v) is 4.38. The molecule has 7 nitrogen and oxygen atoms in total. The zero-order valence-electron chi connectivity index (χ0n) is 18.8. The van der Waals surface area contributed by atoms with E-state index in [9.17, 15) is 13.6 Å². The van der Waals surface area contributed by atoms with E-state index in [1.165, 1.54) is 4.90 Å². The number of carbonyl (C=O) groups excluding carboxylic acids is 1. The number of amides is 1. The van der Waals surface area contributed by atoms with Gasteiger partial charge in [-0.15, -0.1) is 0 Å². The van der Waals surface area contributed by atoms with E-state index in [0.29, 0.717) is 36.8 Å². The average Bonchev–Trinajstić information content (AvgIpc) is 2.77. The lowest BCUT2D eigenvalue weighted by Crippen LogP contribution is -2.36. The number of halogens is 2. The van der Waals surface area contributed by atoms with E-state index in [4.69, 9.17) is 9.47 Å². The zero-order valence-corrected chi connectivity index (χ0v) is 18.8. The van der Waals surface area contributed by atoms with Crippen LogP contribution in [0.1, 0.15) is 35.3 Å². The summed E-state index contributed by atoms with van der Waals surface area (Å²) < 4.78 is 36.0. The summed E-state index contributed by atoms with van der Waals surface area (Å²) in [5.74, 6) is 0.729. The smallest absolute Gasteiger partial charge is 0.387 e. The minimum absolute atomic E-state index is 0.00819. The van der Waals surface area contributed by atoms with Crippen molar-refractivity contribution in [3.05, 3.63) is 59.2 Å². The summed E-state index contributed by atoms with van der Waals surface area (Å²) >= 11 is 0. The van der Waals surface area contributed by atoms with Crippen molar-refractivity contribution in [2.75, 3.05) is 27.2 Å². The molecular formula is C23H30F2N4O3. The lowest BCUT2D eigenvalue weighted by Gasteiger charge is -2.17. The summed E-state index contributed by atoms with van der Waals surface area (Å²) in [5, 5.41) is 6.26. The van der Waals surface area contributed by atoms with Crippen molar-refractivity contribution >= 4 is 11.9 Å². The number of rotatable bonds is 10. The van der Waals surface area contributed by atoms with Crippen molar-refractivity contribution in [3.8, 4) is 11.5 Å². The Labute approximate surface area is 187 Å². The molecule has 2 aromatic carbocycles. The highest BCUT2D eigenvalue weighted by atomic mass is 19.3. The molecule has 0 aromatic heterocycles. The van der Waals surface area contributed by atoms with Gasteiger partial charge in [0.05, 0.1) is 13.2 Å². The van der Waals surface area contributed by atoms with Crippen LogP contribution in [0.2, 0.25) is 0 Å². The Morgan fingerprint density at radius 2 is 1.81 bits per heavy atom. The van der Waals surface area contributed by atoms with Crippen molar-refractivity contribution in [3.63, 3.8) is 0 Å². The maximum atomic E-state index is 12.9.